The minimum atomic E-state index is 0.0400. The predicted octanol–water partition coefficient (Wildman–Crippen LogP) is 4.49. The normalized spacial score (nSPS) is 13.4. The molecule has 0 atom stereocenters. The SMILES string of the molecule is CCN(C(=O)C1=C(C)Nc2ccccc2S1)c1ccccc1. The molecule has 4 heteroatoms. The van der Waals surface area contributed by atoms with Crippen molar-refractivity contribution in [2.75, 3.05) is 16.8 Å². The number of amides is 1. The van der Waals surface area contributed by atoms with Crippen molar-refractivity contribution in [1.82, 2.24) is 0 Å². The zero-order valence-electron chi connectivity index (χ0n) is 12.7. The van der Waals surface area contributed by atoms with Crippen LogP contribution in [0.15, 0.2) is 70.1 Å². The Labute approximate surface area is 135 Å². The third kappa shape index (κ3) is 2.74. The fourth-order valence-electron chi connectivity index (χ4n) is 2.48. The maximum Gasteiger partial charge on any atom is 0.266 e. The number of hydrogen-bond donors (Lipinski definition) is 1. The van der Waals surface area contributed by atoms with Crippen molar-refractivity contribution in [3.05, 3.63) is 65.2 Å². The van der Waals surface area contributed by atoms with Crippen LogP contribution in [0.25, 0.3) is 0 Å². The lowest BCUT2D eigenvalue weighted by Gasteiger charge is -2.26. The Bertz CT molecular complexity index is 725. The zero-order valence-corrected chi connectivity index (χ0v) is 13.5. The molecule has 0 unspecified atom stereocenters. The van der Waals surface area contributed by atoms with Crippen LogP contribution in [0.4, 0.5) is 11.4 Å². The first-order valence-corrected chi connectivity index (χ1v) is 8.14. The standard InChI is InChI=1S/C18H18N2OS/c1-3-20(14-9-5-4-6-10-14)18(21)17-13(2)19-15-11-7-8-12-16(15)22-17/h4-12,19H,3H2,1-2H3. The van der Waals surface area contributed by atoms with E-state index in [-0.39, 0.29) is 5.91 Å². The molecule has 1 aliphatic heterocycles. The second-order valence-corrected chi connectivity index (χ2v) is 6.11. The largest absolute Gasteiger partial charge is 0.357 e. The predicted molar refractivity (Wildman–Crippen MR) is 93.1 cm³/mol. The molecule has 1 N–H and O–H groups in total. The smallest absolute Gasteiger partial charge is 0.266 e. The summed E-state index contributed by atoms with van der Waals surface area (Å²) in [6.07, 6.45) is 0. The second-order valence-electron chi connectivity index (χ2n) is 5.06. The zero-order chi connectivity index (χ0) is 15.5. The highest BCUT2D eigenvalue weighted by molar-refractivity contribution is 8.04. The van der Waals surface area contributed by atoms with Crippen LogP contribution in [0.3, 0.4) is 0 Å². The average molecular weight is 310 g/mol. The molecule has 112 valence electrons. The van der Waals surface area contributed by atoms with Crippen molar-refractivity contribution in [1.29, 1.82) is 0 Å². The number of rotatable bonds is 3. The van der Waals surface area contributed by atoms with E-state index < -0.39 is 0 Å². The molecular formula is C18H18N2OS. The van der Waals surface area contributed by atoms with Gasteiger partial charge in [0.05, 0.1) is 10.6 Å². The Morgan fingerprint density at radius 2 is 1.77 bits per heavy atom. The van der Waals surface area contributed by atoms with Crippen molar-refractivity contribution < 1.29 is 4.79 Å². The second kappa shape index (κ2) is 6.28. The van der Waals surface area contributed by atoms with Gasteiger partial charge >= 0.3 is 0 Å². The molecule has 1 heterocycles. The highest BCUT2D eigenvalue weighted by atomic mass is 32.2. The van der Waals surface area contributed by atoms with Crippen LogP contribution in [0.1, 0.15) is 13.8 Å². The van der Waals surface area contributed by atoms with Gasteiger partial charge in [0.1, 0.15) is 0 Å². The lowest BCUT2D eigenvalue weighted by molar-refractivity contribution is -0.114. The first kappa shape index (κ1) is 14.7. The van der Waals surface area contributed by atoms with E-state index in [1.807, 2.05) is 68.4 Å². The number of fused-ring (bicyclic) bond motifs is 1. The number of carbonyl (C=O) groups is 1. The number of nitrogens with zero attached hydrogens (tertiary/aromatic N) is 1. The average Bonchev–Trinajstić information content (AvgIpc) is 2.55. The Hall–Kier alpha value is -2.20. The van der Waals surface area contributed by atoms with E-state index in [1.54, 1.807) is 4.90 Å². The summed E-state index contributed by atoms with van der Waals surface area (Å²) in [4.78, 5) is 16.6. The van der Waals surface area contributed by atoms with Gasteiger partial charge in [-0.1, -0.05) is 42.1 Å². The molecule has 0 saturated heterocycles. The minimum absolute atomic E-state index is 0.0400. The number of hydrogen-bond acceptors (Lipinski definition) is 3. The van der Waals surface area contributed by atoms with Gasteiger partial charge in [-0.25, -0.2) is 0 Å². The van der Waals surface area contributed by atoms with Crippen LogP contribution < -0.4 is 10.2 Å². The van der Waals surface area contributed by atoms with E-state index >= 15 is 0 Å². The Morgan fingerprint density at radius 3 is 2.50 bits per heavy atom. The van der Waals surface area contributed by atoms with Gasteiger partial charge in [-0.3, -0.25) is 4.79 Å². The minimum Gasteiger partial charge on any atom is -0.357 e. The number of likely N-dealkylation sites (N-methyl/N-ethyl adjacent to an activating group) is 1. The van der Waals surface area contributed by atoms with Crippen molar-refractivity contribution in [2.45, 2.75) is 18.7 Å². The number of nitrogens with one attached hydrogen (secondary N) is 1. The molecule has 22 heavy (non-hydrogen) atoms. The van der Waals surface area contributed by atoms with Gasteiger partial charge in [0, 0.05) is 22.8 Å². The summed E-state index contributed by atoms with van der Waals surface area (Å²) in [6.45, 7) is 4.59. The number of benzene rings is 2. The third-order valence-corrected chi connectivity index (χ3v) is 4.85. The Kier molecular flexibility index (Phi) is 4.20. The molecule has 0 aliphatic carbocycles. The van der Waals surface area contributed by atoms with Gasteiger partial charge in [-0.2, -0.15) is 0 Å². The lowest BCUT2D eigenvalue weighted by atomic mass is 10.2. The first-order chi connectivity index (χ1) is 10.7. The van der Waals surface area contributed by atoms with Crippen LogP contribution in [-0.2, 0) is 4.79 Å². The quantitative estimate of drug-likeness (QED) is 0.906. The topological polar surface area (TPSA) is 32.3 Å². The Morgan fingerprint density at radius 1 is 1.09 bits per heavy atom. The molecule has 0 saturated carbocycles. The van der Waals surface area contributed by atoms with Gasteiger partial charge in [0.25, 0.3) is 5.91 Å². The third-order valence-electron chi connectivity index (χ3n) is 3.59. The number of anilines is 2. The van der Waals surface area contributed by atoms with Crippen LogP contribution in [-0.4, -0.2) is 12.5 Å². The van der Waals surface area contributed by atoms with Crippen molar-refractivity contribution in [2.24, 2.45) is 0 Å². The van der Waals surface area contributed by atoms with E-state index in [4.69, 9.17) is 0 Å². The highest BCUT2D eigenvalue weighted by Gasteiger charge is 2.25. The first-order valence-electron chi connectivity index (χ1n) is 7.32. The van der Waals surface area contributed by atoms with Gasteiger partial charge in [-0.15, -0.1) is 0 Å². The summed E-state index contributed by atoms with van der Waals surface area (Å²) in [6, 6.07) is 17.8. The van der Waals surface area contributed by atoms with E-state index in [1.165, 1.54) is 11.8 Å². The van der Waals surface area contributed by atoms with Gasteiger partial charge in [-0.05, 0) is 38.1 Å². The molecule has 2 aromatic rings. The number of para-hydroxylation sites is 2. The number of thioether (sulfide) groups is 1. The fraction of sp³-hybridized carbons (Fsp3) is 0.167. The van der Waals surface area contributed by atoms with E-state index in [0.717, 1.165) is 26.9 Å². The molecule has 2 aromatic carbocycles. The van der Waals surface area contributed by atoms with Gasteiger partial charge in [0.2, 0.25) is 0 Å². The molecule has 0 radical (unpaired) electrons. The van der Waals surface area contributed by atoms with Gasteiger partial charge < -0.3 is 10.2 Å². The summed E-state index contributed by atoms with van der Waals surface area (Å²) in [5.74, 6) is 0.0400. The van der Waals surface area contributed by atoms with Crippen molar-refractivity contribution >= 4 is 29.0 Å². The van der Waals surface area contributed by atoms with Crippen LogP contribution >= 0.6 is 11.8 Å². The van der Waals surface area contributed by atoms with Gasteiger partial charge in [0.15, 0.2) is 0 Å². The highest BCUT2D eigenvalue weighted by Crippen LogP contribution is 2.40. The molecule has 0 bridgehead atoms. The molecular weight excluding hydrogens is 292 g/mol. The van der Waals surface area contributed by atoms with E-state index in [0.29, 0.717) is 6.54 Å². The molecule has 0 spiro atoms. The maximum absolute atomic E-state index is 13.0. The van der Waals surface area contributed by atoms with E-state index in [9.17, 15) is 4.79 Å². The van der Waals surface area contributed by atoms with E-state index in [2.05, 4.69) is 5.32 Å². The molecule has 1 amide bonds. The summed E-state index contributed by atoms with van der Waals surface area (Å²) in [5, 5.41) is 3.33. The van der Waals surface area contributed by atoms with Crippen molar-refractivity contribution in [3.8, 4) is 0 Å². The summed E-state index contributed by atoms with van der Waals surface area (Å²) >= 11 is 1.54. The van der Waals surface area contributed by atoms with Crippen LogP contribution in [0.5, 0.6) is 0 Å². The summed E-state index contributed by atoms with van der Waals surface area (Å²) in [7, 11) is 0. The lowest BCUT2D eigenvalue weighted by Crippen LogP contribution is -2.32. The molecule has 0 aromatic heterocycles. The monoisotopic (exact) mass is 310 g/mol. The fourth-order valence-corrected chi connectivity index (χ4v) is 3.48. The van der Waals surface area contributed by atoms with Crippen molar-refractivity contribution in [3.63, 3.8) is 0 Å². The maximum atomic E-state index is 13.0. The molecule has 3 nitrogen and oxygen atoms in total. The molecule has 3 rings (SSSR count). The Balaban J connectivity index is 1.91. The molecule has 1 aliphatic rings. The summed E-state index contributed by atoms with van der Waals surface area (Å²) < 4.78 is 0. The molecule has 0 fully saturated rings. The van der Waals surface area contributed by atoms with Crippen LogP contribution in [0.2, 0.25) is 0 Å². The summed E-state index contributed by atoms with van der Waals surface area (Å²) in [5.41, 5.74) is 2.89. The number of allylic oxidation sites excluding steroid dienone is 1. The number of carbonyl (C=O) groups excluding carboxylic acids is 1. The van der Waals surface area contributed by atoms with Crippen LogP contribution in [0, 0.1) is 0 Å².